The maximum Gasteiger partial charge on any atom is 0.270 e. The van der Waals surface area contributed by atoms with Crippen LogP contribution in [0.25, 0.3) is 10.9 Å². The molecular formula is C20H25N3O2. The highest BCUT2D eigenvalue weighted by Crippen LogP contribution is 2.23. The molecule has 2 amide bonds. The van der Waals surface area contributed by atoms with Crippen LogP contribution in [-0.4, -0.2) is 40.8 Å². The fourth-order valence-electron chi connectivity index (χ4n) is 4.12. The first-order chi connectivity index (χ1) is 12.2. The number of para-hydroxylation sites is 1. The molecule has 2 heterocycles. The van der Waals surface area contributed by atoms with E-state index in [2.05, 4.69) is 10.3 Å². The summed E-state index contributed by atoms with van der Waals surface area (Å²) in [5.74, 6) is 0.0401. The second kappa shape index (κ2) is 6.90. The van der Waals surface area contributed by atoms with Crippen molar-refractivity contribution in [1.82, 2.24) is 15.2 Å². The third-order valence-electron chi connectivity index (χ3n) is 5.54. The van der Waals surface area contributed by atoms with Crippen molar-refractivity contribution in [2.24, 2.45) is 5.92 Å². The van der Waals surface area contributed by atoms with Crippen molar-refractivity contribution in [3.05, 3.63) is 36.0 Å². The van der Waals surface area contributed by atoms with Gasteiger partial charge >= 0.3 is 0 Å². The van der Waals surface area contributed by atoms with Crippen molar-refractivity contribution in [3.8, 4) is 0 Å². The number of piperidine rings is 1. The van der Waals surface area contributed by atoms with Gasteiger partial charge in [0.2, 0.25) is 5.91 Å². The van der Waals surface area contributed by atoms with E-state index < -0.39 is 0 Å². The molecule has 5 nitrogen and oxygen atoms in total. The number of fused-ring (bicyclic) bond motifs is 1. The number of hydrogen-bond acceptors (Lipinski definition) is 2. The molecule has 1 saturated carbocycles. The number of nitrogens with one attached hydrogen (secondary N) is 2. The molecule has 0 spiro atoms. The van der Waals surface area contributed by atoms with E-state index >= 15 is 0 Å². The number of hydrogen-bond donors (Lipinski definition) is 2. The number of benzene rings is 1. The number of aromatic amines is 1. The van der Waals surface area contributed by atoms with E-state index in [1.165, 1.54) is 12.8 Å². The third-order valence-corrected chi connectivity index (χ3v) is 5.54. The predicted octanol–water partition coefficient (Wildman–Crippen LogP) is 3.08. The molecule has 0 bridgehead atoms. The normalized spacial score (nSPS) is 21.6. The quantitative estimate of drug-likeness (QED) is 0.902. The Morgan fingerprint density at radius 3 is 2.68 bits per heavy atom. The Balaban J connectivity index is 1.43. The minimum Gasteiger partial charge on any atom is -0.353 e. The molecule has 1 saturated heterocycles. The monoisotopic (exact) mass is 339 g/mol. The van der Waals surface area contributed by atoms with Crippen molar-refractivity contribution >= 4 is 22.7 Å². The lowest BCUT2D eigenvalue weighted by atomic mass is 9.96. The van der Waals surface area contributed by atoms with Crippen molar-refractivity contribution in [2.45, 2.75) is 44.6 Å². The van der Waals surface area contributed by atoms with Crippen molar-refractivity contribution in [1.29, 1.82) is 0 Å². The molecule has 2 N–H and O–H groups in total. The van der Waals surface area contributed by atoms with Crippen LogP contribution in [0.3, 0.4) is 0 Å². The summed E-state index contributed by atoms with van der Waals surface area (Å²) < 4.78 is 0. The Morgan fingerprint density at radius 1 is 1.08 bits per heavy atom. The Kier molecular flexibility index (Phi) is 4.47. The van der Waals surface area contributed by atoms with Crippen LogP contribution in [0.15, 0.2) is 30.3 Å². The zero-order chi connectivity index (χ0) is 17.2. The fraction of sp³-hybridized carbons (Fsp3) is 0.500. The summed E-state index contributed by atoms with van der Waals surface area (Å²) in [6.07, 6.45) is 6.36. The summed E-state index contributed by atoms with van der Waals surface area (Å²) in [4.78, 5) is 30.4. The van der Waals surface area contributed by atoms with Gasteiger partial charge in [0, 0.05) is 30.0 Å². The first-order valence-corrected chi connectivity index (χ1v) is 9.38. The molecule has 1 aromatic heterocycles. The molecule has 0 radical (unpaired) electrons. The van der Waals surface area contributed by atoms with E-state index in [4.69, 9.17) is 0 Å². The number of carbonyl (C=O) groups is 2. The second-order valence-electron chi connectivity index (χ2n) is 7.35. The van der Waals surface area contributed by atoms with Gasteiger partial charge in [-0.3, -0.25) is 9.59 Å². The van der Waals surface area contributed by atoms with Gasteiger partial charge in [0.1, 0.15) is 5.69 Å². The Hall–Kier alpha value is -2.30. The average molecular weight is 339 g/mol. The van der Waals surface area contributed by atoms with Crippen LogP contribution in [0.4, 0.5) is 0 Å². The van der Waals surface area contributed by atoms with E-state index in [-0.39, 0.29) is 17.7 Å². The molecule has 2 fully saturated rings. The number of likely N-dealkylation sites (tertiary alicyclic amines) is 1. The maximum absolute atomic E-state index is 12.8. The summed E-state index contributed by atoms with van der Waals surface area (Å²) in [6, 6.07) is 10.1. The summed E-state index contributed by atoms with van der Waals surface area (Å²) in [7, 11) is 0. The Morgan fingerprint density at radius 2 is 1.88 bits per heavy atom. The first kappa shape index (κ1) is 16.2. The highest BCUT2D eigenvalue weighted by molar-refractivity contribution is 5.98. The molecule has 1 atom stereocenters. The number of H-pyrrole nitrogens is 1. The zero-order valence-electron chi connectivity index (χ0n) is 14.5. The van der Waals surface area contributed by atoms with E-state index in [0.717, 1.165) is 43.1 Å². The third kappa shape index (κ3) is 3.41. The largest absolute Gasteiger partial charge is 0.353 e. The van der Waals surface area contributed by atoms with E-state index in [9.17, 15) is 9.59 Å². The Labute approximate surface area is 147 Å². The van der Waals surface area contributed by atoms with Crippen molar-refractivity contribution in [2.75, 3.05) is 13.1 Å². The summed E-state index contributed by atoms with van der Waals surface area (Å²) >= 11 is 0. The van der Waals surface area contributed by atoms with Crippen LogP contribution in [0.1, 0.15) is 49.0 Å². The summed E-state index contributed by atoms with van der Waals surface area (Å²) in [5, 5.41) is 4.22. The lowest BCUT2D eigenvalue weighted by Gasteiger charge is -2.32. The highest BCUT2D eigenvalue weighted by Gasteiger charge is 2.30. The molecular weight excluding hydrogens is 314 g/mol. The van der Waals surface area contributed by atoms with Gasteiger partial charge in [0.05, 0.1) is 5.92 Å². The SMILES string of the molecule is O=C(NC1CCCC1)[C@H]1CCCN(C(=O)c2cc3ccccc3[nH]2)C1. The van der Waals surface area contributed by atoms with Gasteiger partial charge in [-0.1, -0.05) is 31.0 Å². The van der Waals surface area contributed by atoms with Crippen LogP contribution in [0, 0.1) is 5.92 Å². The van der Waals surface area contributed by atoms with Gasteiger partial charge in [-0.25, -0.2) is 0 Å². The summed E-state index contributed by atoms with van der Waals surface area (Å²) in [5.41, 5.74) is 1.58. The topological polar surface area (TPSA) is 65.2 Å². The molecule has 5 heteroatoms. The molecule has 1 aromatic carbocycles. The number of carbonyl (C=O) groups excluding carboxylic acids is 2. The van der Waals surface area contributed by atoms with Crippen LogP contribution >= 0.6 is 0 Å². The van der Waals surface area contributed by atoms with Gasteiger partial charge in [0.25, 0.3) is 5.91 Å². The van der Waals surface area contributed by atoms with Crippen LogP contribution in [-0.2, 0) is 4.79 Å². The summed E-state index contributed by atoms with van der Waals surface area (Å²) in [6.45, 7) is 1.24. The minimum absolute atomic E-state index is 0.00503. The zero-order valence-corrected chi connectivity index (χ0v) is 14.5. The molecule has 0 unspecified atom stereocenters. The maximum atomic E-state index is 12.8. The van der Waals surface area contributed by atoms with E-state index in [1.807, 2.05) is 35.2 Å². The number of amides is 2. The van der Waals surface area contributed by atoms with Crippen molar-refractivity contribution in [3.63, 3.8) is 0 Å². The molecule has 132 valence electrons. The predicted molar refractivity (Wildman–Crippen MR) is 97.3 cm³/mol. The molecule has 1 aliphatic carbocycles. The fourth-order valence-corrected chi connectivity index (χ4v) is 4.12. The standard InChI is InChI=1S/C20H25N3O2/c24-19(21-16-8-2-3-9-16)15-7-5-11-23(13-15)20(25)18-12-14-6-1-4-10-17(14)22-18/h1,4,6,10,12,15-16,22H,2-3,5,7-9,11,13H2,(H,21,24)/t15-/m0/s1. The van der Waals surface area contributed by atoms with Gasteiger partial charge in [-0.2, -0.15) is 0 Å². The van der Waals surface area contributed by atoms with E-state index in [0.29, 0.717) is 18.3 Å². The lowest BCUT2D eigenvalue weighted by molar-refractivity contribution is -0.127. The smallest absolute Gasteiger partial charge is 0.270 e. The van der Waals surface area contributed by atoms with Crippen LogP contribution < -0.4 is 5.32 Å². The van der Waals surface area contributed by atoms with Crippen molar-refractivity contribution < 1.29 is 9.59 Å². The average Bonchev–Trinajstić information content (AvgIpc) is 3.30. The number of nitrogens with zero attached hydrogens (tertiary/aromatic N) is 1. The molecule has 25 heavy (non-hydrogen) atoms. The minimum atomic E-state index is -0.0809. The number of aromatic nitrogens is 1. The molecule has 1 aliphatic heterocycles. The number of rotatable bonds is 3. The molecule has 2 aromatic rings. The Bertz CT molecular complexity index is 743. The lowest BCUT2D eigenvalue weighted by Crippen LogP contribution is -2.47. The highest BCUT2D eigenvalue weighted by atomic mass is 16.2. The van der Waals surface area contributed by atoms with Gasteiger partial charge in [-0.05, 0) is 37.8 Å². The van der Waals surface area contributed by atoms with E-state index in [1.54, 1.807) is 0 Å². The van der Waals surface area contributed by atoms with Crippen LogP contribution in [0.2, 0.25) is 0 Å². The first-order valence-electron chi connectivity index (χ1n) is 9.38. The van der Waals surface area contributed by atoms with Crippen LogP contribution in [0.5, 0.6) is 0 Å². The second-order valence-corrected chi connectivity index (χ2v) is 7.35. The van der Waals surface area contributed by atoms with Gasteiger partial charge < -0.3 is 15.2 Å². The molecule has 4 rings (SSSR count). The van der Waals surface area contributed by atoms with Gasteiger partial charge in [-0.15, -0.1) is 0 Å². The molecule has 2 aliphatic rings. The van der Waals surface area contributed by atoms with Gasteiger partial charge in [0.15, 0.2) is 0 Å².